The van der Waals surface area contributed by atoms with Crippen LogP contribution in [0.2, 0.25) is 5.02 Å². The van der Waals surface area contributed by atoms with Gasteiger partial charge in [-0.15, -0.1) is 0 Å². The van der Waals surface area contributed by atoms with Crippen molar-refractivity contribution in [2.45, 2.75) is 37.1 Å². The first-order chi connectivity index (χ1) is 10.1. The highest BCUT2D eigenvalue weighted by Gasteiger charge is 2.40. The Morgan fingerprint density at radius 3 is 2.71 bits per heavy atom. The zero-order chi connectivity index (χ0) is 14.9. The summed E-state index contributed by atoms with van der Waals surface area (Å²) in [4.78, 5) is 13.6. The van der Waals surface area contributed by atoms with E-state index in [1.807, 2.05) is 23.1 Å². The minimum absolute atomic E-state index is 0.00890. The van der Waals surface area contributed by atoms with Crippen LogP contribution in [-0.4, -0.2) is 36.7 Å². The minimum atomic E-state index is -0.164. The van der Waals surface area contributed by atoms with E-state index in [4.69, 9.17) is 22.1 Å². The number of nitrogens with zero attached hydrogens (tertiary/aromatic N) is 1. The lowest BCUT2D eigenvalue weighted by molar-refractivity contribution is 0.127. The largest absolute Gasteiger partial charge is 0.448 e. The lowest BCUT2D eigenvalue weighted by atomic mass is 9.68. The summed E-state index contributed by atoms with van der Waals surface area (Å²) in [7, 11) is 0. The molecule has 0 spiro atoms. The Balaban J connectivity index is 1.74. The van der Waals surface area contributed by atoms with Gasteiger partial charge < -0.3 is 15.4 Å². The van der Waals surface area contributed by atoms with Gasteiger partial charge in [0.25, 0.3) is 0 Å². The molecule has 2 fully saturated rings. The highest BCUT2D eigenvalue weighted by atomic mass is 35.5. The van der Waals surface area contributed by atoms with Crippen LogP contribution in [0.3, 0.4) is 0 Å². The summed E-state index contributed by atoms with van der Waals surface area (Å²) in [5, 5.41) is 0.755. The molecule has 1 saturated carbocycles. The molecule has 3 rings (SSSR count). The molecule has 1 aliphatic carbocycles. The van der Waals surface area contributed by atoms with E-state index in [0.717, 1.165) is 37.3 Å². The van der Waals surface area contributed by atoms with Gasteiger partial charge in [0.05, 0.1) is 6.54 Å². The Kier molecular flexibility index (Phi) is 4.09. The van der Waals surface area contributed by atoms with Gasteiger partial charge >= 0.3 is 6.09 Å². The highest BCUT2D eigenvalue weighted by Crippen LogP contribution is 2.41. The Labute approximate surface area is 130 Å². The highest BCUT2D eigenvalue weighted by molar-refractivity contribution is 6.30. The monoisotopic (exact) mass is 308 g/mol. The van der Waals surface area contributed by atoms with E-state index in [-0.39, 0.29) is 11.5 Å². The van der Waals surface area contributed by atoms with Crippen molar-refractivity contribution in [3.8, 4) is 0 Å². The normalized spacial score (nSPS) is 29.5. The van der Waals surface area contributed by atoms with Gasteiger partial charge in [0.2, 0.25) is 0 Å². The Morgan fingerprint density at radius 2 is 2.14 bits per heavy atom. The van der Waals surface area contributed by atoms with Gasteiger partial charge in [-0.3, -0.25) is 0 Å². The van der Waals surface area contributed by atoms with E-state index < -0.39 is 0 Å². The van der Waals surface area contributed by atoms with Crippen molar-refractivity contribution < 1.29 is 9.53 Å². The fourth-order valence-corrected chi connectivity index (χ4v) is 3.82. The number of rotatable bonds is 3. The summed E-state index contributed by atoms with van der Waals surface area (Å²) in [6, 6.07) is 8.31. The van der Waals surface area contributed by atoms with E-state index in [1.165, 1.54) is 5.56 Å². The van der Waals surface area contributed by atoms with Gasteiger partial charge in [-0.2, -0.15) is 0 Å². The minimum Gasteiger partial charge on any atom is -0.448 e. The fourth-order valence-electron chi connectivity index (χ4n) is 3.63. The van der Waals surface area contributed by atoms with E-state index in [0.29, 0.717) is 19.2 Å². The molecule has 1 amide bonds. The van der Waals surface area contributed by atoms with Crippen molar-refractivity contribution in [1.82, 2.24) is 4.90 Å². The number of hydrogen-bond donors (Lipinski definition) is 1. The first kappa shape index (κ1) is 14.7. The van der Waals surface area contributed by atoms with Crippen molar-refractivity contribution in [2.75, 3.05) is 19.7 Å². The quantitative estimate of drug-likeness (QED) is 0.934. The van der Waals surface area contributed by atoms with E-state index in [1.54, 1.807) is 0 Å². The van der Waals surface area contributed by atoms with Crippen LogP contribution in [0.4, 0.5) is 4.79 Å². The van der Waals surface area contributed by atoms with Crippen molar-refractivity contribution in [3.05, 3.63) is 34.9 Å². The predicted molar refractivity (Wildman–Crippen MR) is 82.5 cm³/mol. The van der Waals surface area contributed by atoms with Crippen LogP contribution >= 0.6 is 11.6 Å². The summed E-state index contributed by atoms with van der Waals surface area (Å²) >= 11 is 6.12. The molecule has 5 heteroatoms. The van der Waals surface area contributed by atoms with Crippen LogP contribution < -0.4 is 5.73 Å². The molecule has 0 atom stereocenters. The summed E-state index contributed by atoms with van der Waals surface area (Å²) in [6.07, 6.45) is 3.75. The average molecular weight is 309 g/mol. The predicted octanol–water partition coefficient (Wildman–Crippen LogP) is 2.93. The second-order valence-electron chi connectivity index (χ2n) is 6.03. The van der Waals surface area contributed by atoms with E-state index >= 15 is 0 Å². The lowest BCUT2D eigenvalue weighted by Crippen LogP contribution is -2.45. The molecule has 1 aromatic rings. The maximum Gasteiger partial charge on any atom is 0.410 e. The molecule has 2 aliphatic rings. The molecule has 1 aromatic carbocycles. The van der Waals surface area contributed by atoms with Crippen LogP contribution in [0.5, 0.6) is 0 Å². The first-order valence-electron chi connectivity index (χ1n) is 7.54. The number of benzene rings is 1. The van der Waals surface area contributed by atoms with Crippen molar-refractivity contribution in [3.63, 3.8) is 0 Å². The molecular weight excluding hydrogens is 288 g/mol. The Hall–Kier alpha value is -1.26. The smallest absolute Gasteiger partial charge is 0.410 e. The molecule has 0 unspecified atom stereocenters. The first-order valence-corrected chi connectivity index (χ1v) is 7.92. The molecule has 1 saturated heterocycles. The summed E-state index contributed by atoms with van der Waals surface area (Å²) in [5.74, 6) is 0. The second kappa shape index (κ2) is 5.85. The molecule has 0 aromatic heterocycles. The van der Waals surface area contributed by atoms with Crippen LogP contribution in [0, 0.1) is 0 Å². The molecule has 0 bridgehead atoms. The van der Waals surface area contributed by atoms with Gasteiger partial charge in [-0.25, -0.2) is 4.79 Å². The topological polar surface area (TPSA) is 55.6 Å². The zero-order valence-corrected chi connectivity index (χ0v) is 12.8. The number of amides is 1. The number of carbonyl (C=O) groups excluding carboxylic acids is 1. The number of carbonyl (C=O) groups is 1. The molecule has 114 valence electrons. The zero-order valence-electron chi connectivity index (χ0n) is 12.1. The van der Waals surface area contributed by atoms with Crippen molar-refractivity contribution in [2.24, 2.45) is 5.73 Å². The number of halogens is 1. The van der Waals surface area contributed by atoms with E-state index in [2.05, 4.69) is 6.07 Å². The summed E-state index contributed by atoms with van der Waals surface area (Å²) in [5.41, 5.74) is 7.31. The third kappa shape index (κ3) is 2.74. The maximum absolute atomic E-state index is 11.7. The van der Waals surface area contributed by atoms with Crippen LogP contribution in [0.15, 0.2) is 24.3 Å². The van der Waals surface area contributed by atoms with Gasteiger partial charge in [-0.1, -0.05) is 23.7 Å². The van der Waals surface area contributed by atoms with Crippen LogP contribution in [0.25, 0.3) is 0 Å². The number of nitrogens with two attached hydrogens (primary N) is 1. The number of hydrogen-bond acceptors (Lipinski definition) is 3. The fraction of sp³-hybridized carbons (Fsp3) is 0.562. The van der Waals surface area contributed by atoms with Crippen LogP contribution in [-0.2, 0) is 10.2 Å². The van der Waals surface area contributed by atoms with Gasteiger partial charge in [0.1, 0.15) is 6.61 Å². The van der Waals surface area contributed by atoms with Gasteiger partial charge in [0.15, 0.2) is 0 Å². The van der Waals surface area contributed by atoms with Crippen molar-refractivity contribution in [1.29, 1.82) is 0 Å². The standard InChI is InChI=1S/C16H21ClN2O2/c17-13-3-1-2-12(10-13)16(11-18)6-4-14(5-7-16)19-8-9-21-15(19)20/h1-3,10,14H,4-9,11,18H2. The second-order valence-corrected chi connectivity index (χ2v) is 6.47. The lowest BCUT2D eigenvalue weighted by Gasteiger charge is -2.42. The summed E-state index contributed by atoms with van der Waals surface area (Å²) in [6.45, 7) is 1.85. The van der Waals surface area contributed by atoms with Crippen molar-refractivity contribution >= 4 is 17.7 Å². The SMILES string of the molecule is NCC1(c2cccc(Cl)c2)CCC(N2CCOC2=O)CC1. The molecule has 21 heavy (non-hydrogen) atoms. The number of cyclic esters (lactones) is 1. The molecule has 0 radical (unpaired) electrons. The van der Waals surface area contributed by atoms with Gasteiger partial charge in [-0.05, 0) is 43.4 Å². The maximum atomic E-state index is 11.7. The van der Waals surface area contributed by atoms with Crippen LogP contribution in [0.1, 0.15) is 31.2 Å². The molecule has 1 heterocycles. The third-order valence-electron chi connectivity index (χ3n) is 4.97. The molecule has 4 nitrogen and oxygen atoms in total. The molecular formula is C16H21ClN2O2. The number of ether oxygens (including phenoxy) is 1. The van der Waals surface area contributed by atoms with Gasteiger partial charge in [0, 0.05) is 23.0 Å². The molecule has 2 N–H and O–H groups in total. The third-order valence-corrected chi connectivity index (χ3v) is 5.21. The average Bonchev–Trinajstić information content (AvgIpc) is 2.93. The van der Waals surface area contributed by atoms with E-state index in [9.17, 15) is 4.79 Å². The Morgan fingerprint density at radius 1 is 1.38 bits per heavy atom. The Bertz CT molecular complexity index is 527. The summed E-state index contributed by atoms with van der Waals surface area (Å²) < 4.78 is 5.04. The molecule has 1 aliphatic heterocycles.